The monoisotopic (exact) mass is 376 g/mol. The van der Waals surface area contributed by atoms with Crippen molar-refractivity contribution in [3.05, 3.63) is 29.8 Å². The van der Waals surface area contributed by atoms with E-state index in [0.29, 0.717) is 25.6 Å². The van der Waals surface area contributed by atoms with Crippen molar-refractivity contribution >= 4 is 11.9 Å². The van der Waals surface area contributed by atoms with Crippen LogP contribution in [0, 0.1) is 0 Å². The Labute approximate surface area is 162 Å². The van der Waals surface area contributed by atoms with E-state index >= 15 is 0 Å². The molecule has 0 aliphatic carbocycles. The van der Waals surface area contributed by atoms with E-state index in [9.17, 15) is 9.59 Å². The van der Waals surface area contributed by atoms with Gasteiger partial charge in [-0.3, -0.25) is 9.59 Å². The molecule has 2 N–H and O–H groups in total. The van der Waals surface area contributed by atoms with Crippen LogP contribution in [-0.2, 0) is 20.7 Å². The summed E-state index contributed by atoms with van der Waals surface area (Å²) >= 11 is 0. The lowest BCUT2D eigenvalue weighted by Gasteiger charge is -2.21. The first-order valence-corrected chi connectivity index (χ1v) is 9.98. The number of esters is 1. The van der Waals surface area contributed by atoms with Gasteiger partial charge in [-0.15, -0.1) is 0 Å². The smallest absolute Gasteiger partial charge is 0.303 e. The van der Waals surface area contributed by atoms with Crippen LogP contribution in [0.1, 0.15) is 51.0 Å². The number of hydrogen-bond donors (Lipinski definition) is 2. The molecule has 1 heterocycles. The van der Waals surface area contributed by atoms with Gasteiger partial charge in [0.25, 0.3) is 5.91 Å². The third kappa shape index (κ3) is 9.43. The fraction of sp³-hybridized carbons (Fsp3) is 0.619. The summed E-state index contributed by atoms with van der Waals surface area (Å²) in [5.74, 6) is 0.117. The SMILES string of the molecule is CC(=O)OCC(=O)NCCCOc1cccc(CC2CCCCCCN2)c1. The highest BCUT2D eigenvalue weighted by Gasteiger charge is 2.11. The Morgan fingerprint density at radius 3 is 2.93 bits per heavy atom. The fourth-order valence-electron chi connectivity index (χ4n) is 3.21. The largest absolute Gasteiger partial charge is 0.494 e. The van der Waals surface area contributed by atoms with Crippen molar-refractivity contribution in [3.63, 3.8) is 0 Å². The molecular weight excluding hydrogens is 344 g/mol. The Bertz CT molecular complexity index is 583. The summed E-state index contributed by atoms with van der Waals surface area (Å²) in [6, 6.07) is 8.82. The summed E-state index contributed by atoms with van der Waals surface area (Å²) in [7, 11) is 0. The maximum absolute atomic E-state index is 11.4. The number of amides is 1. The Balaban J connectivity index is 1.66. The Morgan fingerprint density at radius 1 is 1.22 bits per heavy atom. The maximum Gasteiger partial charge on any atom is 0.303 e. The van der Waals surface area contributed by atoms with Crippen LogP contribution in [-0.4, -0.2) is 44.2 Å². The molecule has 0 radical (unpaired) electrons. The summed E-state index contributed by atoms with van der Waals surface area (Å²) in [5.41, 5.74) is 1.29. The molecule has 0 spiro atoms. The van der Waals surface area contributed by atoms with Crippen LogP contribution in [0.4, 0.5) is 0 Å². The lowest BCUT2D eigenvalue weighted by molar-refractivity contribution is -0.146. The van der Waals surface area contributed by atoms with Gasteiger partial charge in [0.15, 0.2) is 6.61 Å². The molecule has 1 amide bonds. The molecule has 1 aromatic rings. The molecule has 1 aliphatic rings. The van der Waals surface area contributed by atoms with Gasteiger partial charge in [-0.05, 0) is 49.9 Å². The third-order valence-corrected chi connectivity index (χ3v) is 4.61. The van der Waals surface area contributed by atoms with Crippen LogP contribution in [0.2, 0.25) is 0 Å². The Morgan fingerprint density at radius 2 is 2.07 bits per heavy atom. The number of hydrogen-bond acceptors (Lipinski definition) is 5. The molecular formula is C21H32N2O4. The van der Waals surface area contributed by atoms with Gasteiger partial charge in [-0.2, -0.15) is 0 Å². The molecule has 1 saturated heterocycles. The summed E-state index contributed by atoms with van der Waals surface area (Å²) in [4.78, 5) is 22.1. The van der Waals surface area contributed by atoms with Crippen molar-refractivity contribution in [2.75, 3.05) is 26.3 Å². The molecule has 150 valence electrons. The van der Waals surface area contributed by atoms with E-state index in [1.165, 1.54) is 44.6 Å². The van der Waals surface area contributed by atoms with Crippen LogP contribution in [0.15, 0.2) is 24.3 Å². The molecule has 1 aromatic carbocycles. The van der Waals surface area contributed by atoms with Crippen LogP contribution in [0.25, 0.3) is 0 Å². The van der Waals surface area contributed by atoms with E-state index in [4.69, 9.17) is 4.74 Å². The van der Waals surface area contributed by atoms with Gasteiger partial charge >= 0.3 is 5.97 Å². The van der Waals surface area contributed by atoms with Crippen molar-refractivity contribution < 1.29 is 19.1 Å². The highest BCUT2D eigenvalue weighted by atomic mass is 16.5. The number of rotatable bonds is 9. The van der Waals surface area contributed by atoms with Crippen molar-refractivity contribution in [1.82, 2.24) is 10.6 Å². The first-order valence-electron chi connectivity index (χ1n) is 9.98. The molecule has 6 nitrogen and oxygen atoms in total. The van der Waals surface area contributed by atoms with Gasteiger partial charge in [0.05, 0.1) is 6.61 Å². The summed E-state index contributed by atoms with van der Waals surface area (Å²) in [6.45, 7) is 3.19. The number of nitrogens with one attached hydrogen (secondary N) is 2. The Kier molecular flexibility index (Phi) is 9.69. The van der Waals surface area contributed by atoms with Crippen LogP contribution in [0.5, 0.6) is 5.75 Å². The Hall–Kier alpha value is -2.08. The zero-order valence-electron chi connectivity index (χ0n) is 16.3. The van der Waals surface area contributed by atoms with E-state index in [2.05, 4.69) is 27.5 Å². The van der Waals surface area contributed by atoms with E-state index in [0.717, 1.165) is 18.7 Å². The second-order valence-corrected chi connectivity index (χ2v) is 7.04. The molecule has 2 rings (SSSR count). The molecule has 1 unspecified atom stereocenters. The molecule has 0 aromatic heterocycles. The van der Waals surface area contributed by atoms with Crippen molar-refractivity contribution in [2.24, 2.45) is 0 Å². The topological polar surface area (TPSA) is 76.7 Å². The van der Waals surface area contributed by atoms with Crippen LogP contribution >= 0.6 is 0 Å². The van der Waals surface area contributed by atoms with Crippen LogP contribution in [0.3, 0.4) is 0 Å². The van der Waals surface area contributed by atoms with Gasteiger partial charge in [-0.25, -0.2) is 0 Å². The average molecular weight is 376 g/mol. The molecule has 1 aliphatic heterocycles. The molecule has 27 heavy (non-hydrogen) atoms. The zero-order chi connectivity index (χ0) is 19.3. The zero-order valence-corrected chi connectivity index (χ0v) is 16.3. The quantitative estimate of drug-likeness (QED) is 0.512. The fourth-order valence-corrected chi connectivity index (χ4v) is 3.21. The predicted molar refractivity (Wildman–Crippen MR) is 105 cm³/mol. The van der Waals surface area contributed by atoms with Crippen molar-refractivity contribution in [3.8, 4) is 5.75 Å². The van der Waals surface area contributed by atoms with E-state index < -0.39 is 5.97 Å². The van der Waals surface area contributed by atoms with Gasteiger partial charge in [0, 0.05) is 19.5 Å². The number of carbonyl (C=O) groups is 2. The highest BCUT2D eigenvalue weighted by Crippen LogP contribution is 2.18. The van der Waals surface area contributed by atoms with Crippen molar-refractivity contribution in [1.29, 1.82) is 0 Å². The molecule has 1 atom stereocenters. The minimum absolute atomic E-state index is 0.229. The highest BCUT2D eigenvalue weighted by molar-refractivity contribution is 5.79. The van der Waals surface area contributed by atoms with Crippen molar-refractivity contribution in [2.45, 2.75) is 57.9 Å². The molecule has 1 fully saturated rings. The van der Waals surface area contributed by atoms with Gasteiger partial charge in [-0.1, -0.05) is 31.4 Å². The number of ether oxygens (including phenoxy) is 2. The lowest BCUT2D eigenvalue weighted by atomic mass is 9.98. The van der Waals surface area contributed by atoms with Gasteiger partial charge < -0.3 is 20.1 Å². The minimum Gasteiger partial charge on any atom is -0.494 e. The minimum atomic E-state index is -0.456. The average Bonchev–Trinajstić information content (AvgIpc) is 2.62. The van der Waals surface area contributed by atoms with E-state index in [-0.39, 0.29) is 12.5 Å². The van der Waals surface area contributed by atoms with Gasteiger partial charge in [0.2, 0.25) is 0 Å². The van der Waals surface area contributed by atoms with E-state index in [1.54, 1.807) is 0 Å². The molecule has 6 heteroatoms. The van der Waals surface area contributed by atoms with E-state index in [1.807, 2.05) is 12.1 Å². The summed E-state index contributed by atoms with van der Waals surface area (Å²) < 4.78 is 10.4. The second kappa shape index (κ2) is 12.3. The third-order valence-electron chi connectivity index (χ3n) is 4.61. The molecule has 0 bridgehead atoms. The standard InChI is InChI=1S/C21H32N2O4/c1-17(24)27-16-21(25)23-12-7-13-26-20-10-6-8-18(15-20)14-19-9-4-2-3-5-11-22-19/h6,8,10,15,19,22H,2-5,7,9,11-14,16H2,1H3,(H,23,25). The van der Waals surface area contributed by atoms with Gasteiger partial charge in [0.1, 0.15) is 5.75 Å². The normalized spacial score (nSPS) is 17.4. The molecule has 0 saturated carbocycles. The second-order valence-electron chi connectivity index (χ2n) is 7.04. The summed E-state index contributed by atoms with van der Waals surface area (Å²) in [6.07, 6.45) is 8.22. The predicted octanol–water partition coefficient (Wildman–Crippen LogP) is 2.60. The maximum atomic E-state index is 11.4. The number of carbonyl (C=O) groups excluding carboxylic acids is 2. The first-order chi connectivity index (χ1) is 13.1. The summed E-state index contributed by atoms with van der Waals surface area (Å²) in [5, 5.41) is 6.36. The first kappa shape index (κ1) is 21.2. The lowest BCUT2D eigenvalue weighted by Crippen LogP contribution is -2.33. The van der Waals surface area contributed by atoms with Crippen LogP contribution < -0.4 is 15.4 Å². The number of benzene rings is 1.